The summed E-state index contributed by atoms with van der Waals surface area (Å²) in [6, 6.07) is 5.86. The van der Waals surface area contributed by atoms with E-state index in [9.17, 15) is 4.79 Å². The second-order valence-electron chi connectivity index (χ2n) is 8.33. The number of hydrogen-bond donors (Lipinski definition) is 0. The van der Waals surface area contributed by atoms with Gasteiger partial charge in [-0.15, -0.1) is 5.10 Å². The van der Waals surface area contributed by atoms with E-state index in [1.807, 2.05) is 27.8 Å². The van der Waals surface area contributed by atoms with Gasteiger partial charge in [-0.2, -0.15) is 0 Å². The van der Waals surface area contributed by atoms with Gasteiger partial charge in [0, 0.05) is 43.7 Å². The second-order valence-corrected chi connectivity index (χ2v) is 8.33. The van der Waals surface area contributed by atoms with Crippen LogP contribution in [-0.2, 0) is 13.0 Å². The minimum absolute atomic E-state index is 0.146. The average molecular weight is 366 g/mol. The topological polar surface area (TPSA) is 60.2 Å². The molecule has 2 aromatic rings. The lowest BCUT2D eigenvalue weighted by molar-refractivity contribution is 0.0681. The van der Waals surface area contributed by atoms with Crippen molar-refractivity contribution in [2.24, 2.45) is 5.92 Å². The highest BCUT2D eigenvalue weighted by Crippen LogP contribution is 2.38. The van der Waals surface area contributed by atoms with Crippen LogP contribution in [0.3, 0.4) is 0 Å². The van der Waals surface area contributed by atoms with Gasteiger partial charge in [-0.3, -0.25) is 9.48 Å². The van der Waals surface area contributed by atoms with Crippen molar-refractivity contribution < 1.29 is 9.53 Å². The normalized spacial score (nSPS) is 22.6. The molecule has 1 saturated heterocycles. The summed E-state index contributed by atoms with van der Waals surface area (Å²) in [5.74, 6) is 2.29. The molecule has 3 heterocycles. The first-order valence-electron chi connectivity index (χ1n) is 10.1. The second kappa shape index (κ2) is 6.66. The molecule has 0 unspecified atom stereocenters. The number of fused-ring (bicyclic) bond motifs is 1. The number of carbonyl (C=O) groups excluding carboxylic acids is 1. The third-order valence-electron chi connectivity index (χ3n) is 6.04. The third kappa shape index (κ3) is 3.45. The Morgan fingerprint density at radius 3 is 2.81 bits per heavy atom. The number of piperidine rings is 1. The molecule has 5 rings (SSSR count). The number of amides is 1. The van der Waals surface area contributed by atoms with Gasteiger partial charge in [0.25, 0.3) is 5.91 Å². The SMILES string of the molecule is C[C@H]1Cc2cc(C(=O)N3CCC(Cn4cc(C5CC5)nn4)CC3)ccc2O1. The molecule has 1 amide bonds. The van der Waals surface area contributed by atoms with E-state index in [1.165, 1.54) is 12.8 Å². The zero-order valence-corrected chi connectivity index (χ0v) is 15.8. The lowest BCUT2D eigenvalue weighted by Crippen LogP contribution is -2.39. The van der Waals surface area contributed by atoms with Crippen molar-refractivity contribution in [2.45, 2.75) is 57.6 Å². The van der Waals surface area contributed by atoms with Gasteiger partial charge >= 0.3 is 0 Å². The number of benzene rings is 1. The van der Waals surface area contributed by atoms with Crippen molar-refractivity contribution in [3.05, 3.63) is 41.2 Å². The number of ether oxygens (including phenoxy) is 1. The van der Waals surface area contributed by atoms with Gasteiger partial charge < -0.3 is 9.64 Å². The largest absolute Gasteiger partial charge is 0.490 e. The molecule has 1 aromatic heterocycles. The van der Waals surface area contributed by atoms with Crippen molar-refractivity contribution in [1.82, 2.24) is 19.9 Å². The molecule has 0 radical (unpaired) electrons. The number of hydrogen-bond acceptors (Lipinski definition) is 4. The van der Waals surface area contributed by atoms with Crippen LogP contribution in [-0.4, -0.2) is 45.0 Å². The van der Waals surface area contributed by atoms with Crippen LogP contribution in [0.15, 0.2) is 24.4 Å². The summed E-state index contributed by atoms with van der Waals surface area (Å²) in [4.78, 5) is 14.9. The third-order valence-corrected chi connectivity index (χ3v) is 6.04. The molecule has 1 aromatic carbocycles. The number of nitrogens with zero attached hydrogens (tertiary/aromatic N) is 4. The van der Waals surface area contributed by atoms with Crippen LogP contribution in [0.1, 0.15) is 60.1 Å². The maximum atomic E-state index is 12.9. The Labute approximate surface area is 159 Å². The molecule has 0 bridgehead atoms. The highest BCUT2D eigenvalue weighted by Gasteiger charge is 2.28. The van der Waals surface area contributed by atoms with E-state index >= 15 is 0 Å². The fraction of sp³-hybridized carbons (Fsp3) is 0.571. The molecule has 142 valence electrons. The van der Waals surface area contributed by atoms with Crippen molar-refractivity contribution >= 4 is 5.91 Å². The van der Waals surface area contributed by atoms with E-state index in [0.717, 1.165) is 61.5 Å². The smallest absolute Gasteiger partial charge is 0.253 e. The van der Waals surface area contributed by atoms with E-state index in [4.69, 9.17) is 4.74 Å². The molecule has 6 heteroatoms. The Morgan fingerprint density at radius 2 is 2.04 bits per heavy atom. The first kappa shape index (κ1) is 16.8. The molecule has 3 aliphatic rings. The molecule has 0 N–H and O–H groups in total. The molecule has 2 aliphatic heterocycles. The molecule has 1 aliphatic carbocycles. The Balaban J connectivity index is 1.17. The minimum atomic E-state index is 0.146. The fourth-order valence-electron chi connectivity index (χ4n) is 4.29. The summed E-state index contributed by atoms with van der Waals surface area (Å²) in [5.41, 5.74) is 3.09. The highest BCUT2D eigenvalue weighted by atomic mass is 16.5. The predicted octanol–water partition coefficient (Wildman–Crippen LogP) is 3.03. The monoisotopic (exact) mass is 366 g/mol. The molecule has 1 saturated carbocycles. The summed E-state index contributed by atoms with van der Waals surface area (Å²) in [5, 5.41) is 8.59. The number of likely N-dealkylation sites (tertiary alicyclic amines) is 1. The Bertz CT molecular complexity index is 850. The zero-order valence-electron chi connectivity index (χ0n) is 15.8. The summed E-state index contributed by atoms with van der Waals surface area (Å²) < 4.78 is 7.74. The highest BCUT2D eigenvalue weighted by molar-refractivity contribution is 5.94. The van der Waals surface area contributed by atoms with Gasteiger partial charge in [-0.25, -0.2) is 0 Å². The van der Waals surface area contributed by atoms with E-state index in [0.29, 0.717) is 11.8 Å². The Kier molecular flexibility index (Phi) is 4.14. The van der Waals surface area contributed by atoms with Gasteiger partial charge in [0.05, 0.1) is 5.69 Å². The summed E-state index contributed by atoms with van der Waals surface area (Å²) in [6.45, 7) is 4.61. The van der Waals surface area contributed by atoms with Crippen molar-refractivity contribution in [3.63, 3.8) is 0 Å². The standard InChI is InChI=1S/C21H26N4O2/c1-14-10-18-11-17(4-5-20(18)27-14)21(26)24-8-6-15(7-9-24)12-25-13-19(22-23-25)16-2-3-16/h4-5,11,13-16H,2-3,6-10,12H2,1H3/t14-/m0/s1. The van der Waals surface area contributed by atoms with Crippen LogP contribution >= 0.6 is 0 Å². The lowest BCUT2D eigenvalue weighted by atomic mass is 9.96. The van der Waals surface area contributed by atoms with E-state index in [-0.39, 0.29) is 12.0 Å². The van der Waals surface area contributed by atoms with Gasteiger partial charge in [0.1, 0.15) is 11.9 Å². The number of carbonyl (C=O) groups is 1. The molecule has 1 atom stereocenters. The van der Waals surface area contributed by atoms with Crippen LogP contribution in [0.5, 0.6) is 5.75 Å². The predicted molar refractivity (Wildman–Crippen MR) is 101 cm³/mol. The van der Waals surface area contributed by atoms with Crippen LogP contribution in [0.25, 0.3) is 0 Å². The van der Waals surface area contributed by atoms with Crippen molar-refractivity contribution in [1.29, 1.82) is 0 Å². The molecule has 2 fully saturated rings. The first-order chi connectivity index (χ1) is 13.2. The molecule has 27 heavy (non-hydrogen) atoms. The summed E-state index contributed by atoms with van der Waals surface area (Å²) in [6.07, 6.45) is 7.77. The van der Waals surface area contributed by atoms with Gasteiger partial charge in [0.15, 0.2) is 0 Å². The van der Waals surface area contributed by atoms with E-state index < -0.39 is 0 Å². The van der Waals surface area contributed by atoms with Gasteiger partial charge in [-0.05, 0) is 62.3 Å². The lowest BCUT2D eigenvalue weighted by Gasteiger charge is -2.32. The quantitative estimate of drug-likeness (QED) is 0.834. The van der Waals surface area contributed by atoms with Crippen LogP contribution in [0.2, 0.25) is 0 Å². The Hall–Kier alpha value is -2.37. The molecular formula is C21H26N4O2. The maximum absolute atomic E-state index is 12.9. The maximum Gasteiger partial charge on any atom is 0.253 e. The average Bonchev–Trinajstić information content (AvgIpc) is 3.31. The zero-order chi connectivity index (χ0) is 18.4. The fourth-order valence-corrected chi connectivity index (χ4v) is 4.29. The van der Waals surface area contributed by atoms with Crippen LogP contribution in [0.4, 0.5) is 0 Å². The molecule has 6 nitrogen and oxygen atoms in total. The Morgan fingerprint density at radius 1 is 1.22 bits per heavy atom. The van der Waals surface area contributed by atoms with Crippen molar-refractivity contribution in [2.75, 3.05) is 13.1 Å². The summed E-state index contributed by atoms with van der Waals surface area (Å²) >= 11 is 0. The number of aromatic nitrogens is 3. The van der Waals surface area contributed by atoms with Gasteiger partial charge in [-0.1, -0.05) is 5.21 Å². The van der Waals surface area contributed by atoms with Crippen molar-refractivity contribution in [3.8, 4) is 5.75 Å². The summed E-state index contributed by atoms with van der Waals surface area (Å²) in [7, 11) is 0. The minimum Gasteiger partial charge on any atom is -0.490 e. The van der Waals surface area contributed by atoms with Gasteiger partial charge in [0.2, 0.25) is 0 Å². The molecule has 0 spiro atoms. The number of rotatable bonds is 4. The van der Waals surface area contributed by atoms with E-state index in [1.54, 1.807) is 0 Å². The molecular weight excluding hydrogens is 340 g/mol. The van der Waals surface area contributed by atoms with E-state index in [2.05, 4.69) is 23.4 Å². The first-order valence-corrected chi connectivity index (χ1v) is 10.1. The van der Waals surface area contributed by atoms with Crippen LogP contribution < -0.4 is 4.74 Å². The van der Waals surface area contributed by atoms with Crippen LogP contribution in [0, 0.1) is 5.92 Å².